The molecule has 0 aliphatic carbocycles. The summed E-state index contributed by atoms with van der Waals surface area (Å²) in [5, 5.41) is 23.4. The van der Waals surface area contributed by atoms with Crippen molar-refractivity contribution < 1.29 is 14.5 Å². The lowest BCUT2D eigenvalue weighted by Gasteiger charge is -2.25. The van der Waals surface area contributed by atoms with Crippen molar-refractivity contribution >= 4 is 17.3 Å². The standard InChI is InChI=1S/C17H13ClFN3O3/c1-10-16(9-21(23)24)20-15-7-6-11(18)8-13(15)17(22(10)25)12-4-2-3-5-14(12)19/h2-10,25H,1H3/b16-9-. The van der Waals surface area contributed by atoms with Crippen molar-refractivity contribution in [3.05, 3.63) is 91.5 Å². The van der Waals surface area contributed by atoms with Gasteiger partial charge in [-0.1, -0.05) is 23.7 Å². The molecule has 1 atom stereocenters. The predicted molar refractivity (Wildman–Crippen MR) is 89.3 cm³/mol. The molecule has 0 spiro atoms. The molecule has 0 saturated heterocycles. The Hall–Kier alpha value is -2.77. The first-order valence-electron chi connectivity index (χ1n) is 7.35. The third kappa shape index (κ3) is 3.24. The van der Waals surface area contributed by atoms with Crippen LogP contribution in [0, 0.1) is 15.9 Å². The molecule has 1 aliphatic rings. The summed E-state index contributed by atoms with van der Waals surface area (Å²) < 4.78 is 14.4. The fourth-order valence-electron chi connectivity index (χ4n) is 2.64. The number of hydrogen-bond acceptors (Lipinski definition) is 5. The minimum absolute atomic E-state index is 0.0300. The molecule has 0 fully saturated rings. The van der Waals surface area contributed by atoms with Crippen LogP contribution in [-0.2, 0) is 0 Å². The van der Waals surface area contributed by atoms with E-state index < -0.39 is 16.8 Å². The molecule has 0 aromatic heterocycles. The zero-order chi connectivity index (χ0) is 18.1. The highest BCUT2D eigenvalue weighted by Gasteiger charge is 2.27. The van der Waals surface area contributed by atoms with E-state index in [1.165, 1.54) is 31.2 Å². The van der Waals surface area contributed by atoms with Crippen molar-refractivity contribution in [2.45, 2.75) is 13.0 Å². The highest BCUT2D eigenvalue weighted by atomic mass is 35.5. The fraction of sp³-hybridized carbons (Fsp3) is 0.118. The summed E-state index contributed by atoms with van der Waals surface area (Å²) in [5.74, 6) is -0.545. The number of hydroxylamine groups is 2. The topological polar surface area (TPSA) is 79.0 Å². The molecule has 8 heteroatoms. The molecule has 1 aliphatic heterocycles. The lowest BCUT2D eigenvalue weighted by molar-refractivity contribution is -0.404. The molecule has 25 heavy (non-hydrogen) atoms. The predicted octanol–water partition coefficient (Wildman–Crippen LogP) is 2.47. The molecule has 0 saturated carbocycles. The molecule has 0 amide bonds. The Morgan fingerprint density at radius 2 is 2.08 bits per heavy atom. The summed E-state index contributed by atoms with van der Waals surface area (Å²) >= 11 is 6.06. The summed E-state index contributed by atoms with van der Waals surface area (Å²) in [7, 11) is 0. The summed E-state index contributed by atoms with van der Waals surface area (Å²) in [6.45, 7) is 1.53. The maximum atomic E-state index is 14.4. The van der Waals surface area contributed by atoms with Gasteiger partial charge >= 0.3 is 0 Å². The second-order valence-corrected chi connectivity index (χ2v) is 5.90. The summed E-state index contributed by atoms with van der Waals surface area (Å²) in [5.41, 5.74) is 0.305. The number of nitrogens with zero attached hydrogens (tertiary/aromatic N) is 3. The molecule has 1 N–H and O–H groups in total. The number of halogens is 2. The number of fused-ring (bicyclic) bond motifs is 1. The van der Waals surface area contributed by atoms with Crippen LogP contribution in [0.25, 0.3) is 5.70 Å². The molecule has 128 valence electrons. The van der Waals surface area contributed by atoms with Crippen LogP contribution in [0.2, 0.25) is 5.02 Å². The molecular formula is C17H13ClFN3O3. The van der Waals surface area contributed by atoms with Crippen LogP contribution in [0.4, 0.5) is 4.39 Å². The van der Waals surface area contributed by atoms with E-state index in [1.807, 2.05) is 0 Å². The Labute approximate surface area is 146 Å². The molecule has 2 aromatic rings. The van der Waals surface area contributed by atoms with Gasteiger partial charge in [0.15, 0.2) is 0 Å². The van der Waals surface area contributed by atoms with E-state index in [0.717, 1.165) is 11.3 Å². The maximum Gasteiger partial charge on any atom is 0.258 e. The Balaban J connectivity index is 2.45. The van der Waals surface area contributed by atoms with Crippen LogP contribution >= 0.6 is 11.6 Å². The van der Waals surface area contributed by atoms with E-state index in [9.17, 15) is 19.7 Å². The van der Waals surface area contributed by atoms with E-state index in [2.05, 4.69) is 4.99 Å². The highest BCUT2D eigenvalue weighted by Crippen LogP contribution is 2.24. The minimum Gasteiger partial charge on any atom is -0.288 e. The van der Waals surface area contributed by atoms with Crippen molar-refractivity contribution in [2.24, 2.45) is 4.99 Å². The molecule has 0 bridgehead atoms. The van der Waals surface area contributed by atoms with E-state index in [-0.39, 0.29) is 17.0 Å². The van der Waals surface area contributed by atoms with Gasteiger partial charge in [0.2, 0.25) is 0 Å². The van der Waals surface area contributed by atoms with Crippen LogP contribution in [0.3, 0.4) is 0 Å². The third-order valence-electron chi connectivity index (χ3n) is 3.85. The first-order chi connectivity index (χ1) is 11.9. The Morgan fingerprint density at radius 1 is 1.36 bits per heavy atom. The SMILES string of the molecule is CC1/C(=C/[N+](=O)[O-])N=c2ccc(Cl)cc2=C(c2ccccc2F)N1O. The molecule has 1 unspecified atom stereocenters. The Kier molecular flexibility index (Phi) is 4.52. The van der Waals surface area contributed by atoms with E-state index in [1.54, 1.807) is 18.2 Å². The fourth-order valence-corrected chi connectivity index (χ4v) is 2.81. The van der Waals surface area contributed by atoms with Crippen molar-refractivity contribution in [3.8, 4) is 0 Å². The molecule has 0 radical (unpaired) electrons. The average Bonchev–Trinajstić information content (AvgIpc) is 2.65. The first kappa shape index (κ1) is 17.1. The van der Waals surface area contributed by atoms with Crippen molar-refractivity contribution in [1.82, 2.24) is 5.06 Å². The second kappa shape index (κ2) is 6.62. The van der Waals surface area contributed by atoms with Crippen molar-refractivity contribution in [1.29, 1.82) is 0 Å². The summed E-state index contributed by atoms with van der Waals surface area (Å²) in [4.78, 5) is 14.5. The molecule has 2 aromatic carbocycles. The number of benzene rings is 2. The highest BCUT2D eigenvalue weighted by molar-refractivity contribution is 6.30. The zero-order valence-corrected chi connectivity index (χ0v) is 13.8. The normalized spacial score (nSPS) is 18.6. The van der Waals surface area contributed by atoms with Crippen LogP contribution in [0.15, 0.2) is 59.4 Å². The van der Waals surface area contributed by atoms with Crippen LogP contribution in [0.5, 0.6) is 0 Å². The average molecular weight is 362 g/mol. The third-order valence-corrected chi connectivity index (χ3v) is 4.09. The first-order valence-corrected chi connectivity index (χ1v) is 7.73. The summed E-state index contributed by atoms with van der Waals surface area (Å²) in [6.07, 6.45) is 0.719. The van der Waals surface area contributed by atoms with Crippen LogP contribution in [-0.4, -0.2) is 21.2 Å². The lowest BCUT2D eigenvalue weighted by atomic mass is 10.1. The van der Waals surface area contributed by atoms with Gasteiger partial charge in [0.25, 0.3) is 6.20 Å². The number of nitro groups is 1. The van der Waals surface area contributed by atoms with Gasteiger partial charge < -0.3 is 0 Å². The van der Waals surface area contributed by atoms with E-state index in [4.69, 9.17) is 11.6 Å². The monoisotopic (exact) mass is 361 g/mol. The Bertz CT molecular complexity index is 1010. The minimum atomic E-state index is -0.869. The zero-order valence-electron chi connectivity index (χ0n) is 13.1. The Morgan fingerprint density at radius 3 is 2.76 bits per heavy atom. The van der Waals surface area contributed by atoms with Gasteiger partial charge in [-0.25, -0.2) is 14.4 Å². The van der Waals surface area contributed by atoms with Gasteiger partial charge in [-0.05, 0) is 37.3 Å². The molecule has 6 nitrogen and oxygen atoms in total. The van der Waals surface area contributed by atoms with Crippen molar-refractivity contribution in [3.63, 3.8) is 0 Å². The number of hydrogen-bond donors (Lipinski definition) is 1. The smallest absolute Gasteiger partial charge is 0.258 e. The largest absolute Gasteiger partial charge is 0.288 e. The van der Waals surface area contributed by atoms with Gasteiger partial charge in [0.05, 0.1) is 16.0 Å². The van der Waals surface area contributed by atoms with Gasteiger partial charge in [0.1, 0.15) is 17.6 Å². The van der Waals surface area contributed by atoms with Gasteiger partial charge in [-0.2, -0.15) is 0 Å². The van der Waals surface area contributed by atoms with E-state index >= 15 is 0 Å². The maximum absolute atomic E-state index is 14.4. The quantitative estimate of drug-likeness (QED) is 0.658. The van der Waals surface area contributed by atoms with Crippen LogP contribution in [0.1, 0.15) is 12.5 Å². The second-order valence-electron chi connectivity index (χ2n) is 5.46. The van der Waals surface area contributed by atoms with Crippen molar-refractivity contribution in [2.75, 3.05) is 0 Å². The molecule has 1 heterocycles. The molecule has 3 rings (SSSR count). The van der Waals surface area contributed by atoms with Gasteiger partial charge in [0, 0.05) is 15.8 Å². The van der Waals surface area contributed by atoms with Gasteiger partial charge in [-0.3, -0.25) is 15.3 Å². The van der Waals surface area contributed by atoms with Crippen LogP contribution < -0.4 is 10.6 Å². The van der Waals surface area contributed by atoms with E-state index in [0.29, 0.717) is 15.6 Å². The number of rotatable bonds is 2. The lowest BCUT2D eigenvalue weighted by Crippen LogP contribution is -2.35. The molecular weight excluding hydrogens is 349 g/mol. The summed E-state index contributed by atoms with van der Waals surface area (Å²) in [6, 6.07) is 9.74. The van der Waals surface area contributed by atoms with Gasteiger partial charge in [-0.15, -0.1) is 0 Å².